The highest BCUT2D eigenvalue weighted by Crippen LogP contribution is 2.33. The first-order chi connectivity index (χ1) is 20.7. The molecule has 0 spiro atoms. The molecule has 1 aromatic rings. The van der Waals surface area contributed by atoms with Crippen LogP contribution in [0.1, 0.15) is 66.2 Å². The van der Waals surface area contributed by atoms with E-state index < -0.39 is 42.8 Å². The van der Waals surface area contributed by atoms with Crippen molar-refractivity contribution in [3.8, 4) is 0 Å². The van der Waals surface area contributed by atoms with Gasteiger partial charge in [0.15, 0.2) is 0 Å². The summed E-state index contributed by atoms with van der Waals surface area (Å²) in [5.74, 6) is -1.53. The average Bonchev–Trinajstić information content (AvgIpc) is 2.98. The third-order valence-corrected chi connectivity index (χ3v) is 6.61. The second kappa shape index (κ2) is 20.5. The third kappa shape index (κ3) is 13.4. The van der Waals surface area contributed by atoms with Crippen molar-refractivity contribution in [3.05, 3.63) is 40.8 Å². The lowest BCUT2D eigenvalue weighted by Gasteiger charge is -2.45. The minimum Gasteiger partial charge on any atom is -0.441 e. The van der Waals surface area contributed by atoms with Crippen molar-refractivity contribution in [2.75, 3.05) is 39.6 Å². The van der Waals surface area contributed by atoms with Crippen LogP contribution in [0.15, 0.2) is 40.4 Å². The standard InChI is InChI=1S/C30H47F3N4O6/c1-5-8-16-39-25-24(21-38-20-22(4)19-35-37-34)42-28(27(41-18-10-7-3)26(25)40-17-9-6-2)43-29(30(31,32)33)36-23-14-12-11-13-15-23/h11-15,22,24-28H,5-10,16-21H2,1-4H3/b36-29+/t22?,24?,25-,26?,27-,28-/m0/s1. The third-order valence-electron chi connectivity index (χ3n) is 6.61. The zero-order valence-corrected chi connectivity index (χ0v) is 25.7. The molecule has 1 fully saturated rings. The van der Waals surface area contributed by atoms with Crippen LogP contribution in [0.5, 0.6) is 0 Å². The fraction of sp³-hybridized carbons (Fsp3) is 0.767. The van der Waals surface area contributed by atoms with Gasteiger partial charge in [-0.2, -0.15) is 13.2 Å². The van der Waals surface area contributed by atoms with Gasteiger partial charge in [0.1, 0.15) is 24.4 Å². The van der Waals surface area contributed by atoms with Crippen LogP contribution in [0, 0.1) is 5.92 Å². The number of halogens is 3. The highest BCUT2D eigenvalue weighted by atomic mass is 19.4. The molecule has 10 nitrogen and oxygen atoms in total. The van der Waals surface area contributed by atoms with Crippen LogP contribution in [0.3, 0.4) is 0 Å². The Morgan fingerprint density at radius 2 is 1.51 bits per heavy atom. The monoisotopic (exact) mass is 616 g/mol. The fourth-order valence-corrected chi connectivity index (χ4v) is 4.27. The van der Waals surface area contributed by atoms with Gasteiger partial charge in [0, 0.05) is 37.9 Å². The Balaban J connectivity index is 2.45. The minimum absolute atomic E-state index is 0.0102. The maximum atomic E-state index is 14.2. The molecule has 3 unspecified atom stereocenters. The zero-order chi connectivity index (χ0) is 31.5. The molecule has 1 aromatic carbocycles. The Bertz CT molecular complexity index is 965. The molecular formula is C30H47F3N4O6. The number of alkyl halides is 3. The first-order valence-corrected chi connectivity index (χ1v) is 15.2. The predicted octanol–water partition coefficient (Wildman–Crippen LogP) is 7.54. The molecule has 1 aliphatic rings. The molecule has 0 aliphatic carbocycles. The van der Waals surface area contributed by atoms with Gasteiger partial charge in [-0.15, -0.1) is 0 Å². The minimum atomic E-state index is -4.90. The molecule has 0 saturated carbocycles. The molecule has 13 heteroatoms. The maximum absolute atomic E-state index is 14.2. The first kappa shape index (κ1) is 36.8. The number of azide groups is 1. The average molecular weight is 617 g/mol. The first-order valence-electron chi connectivity index (χ1n) is 15.2. The van der Waals surface area contributed by atoms with Crippen LogP contribution >= 0.6 is 0 Å². The summed E-state index contributed by atoms with van der Waals surface area (Å²) in [6.45, 7) is 9.42. The van der Waals surface area contributed by atoms with E-state index in [2.05, 4.69) is 15.0 Å². The van der Waals surface area contributed by atoms with Gasteiger partial charge in [-0.1, -0.05) is 70.3 Å². The van der Waals surface area contributed by atoms with Crippen molar-refractivity contribution in [1.82, 2.24) is 0 Å². The predicted molar refractivity (Wildman–Crippen MR) is 157 cm³/mol. The number of unbranched alkanes of at least 4 members (excludes halogenated alkanes) is 3. The van der Waals surface area contributed by atoms with Gasteiger partial charge in [0.25, 0.3) is 5.90 Å². The summed E-state index contributed by atoms with van der Waals surface area (Å²) in [7, 11) is 0. The van der Waals surface area contributed by atoms with Gasteiger partial charge in [0.2, 0.25) is 6.29 Å². The quantitative estimate of drug-likeness (QED) is 0.0373. The maximum Gasteiger partial charge on any atom is 0.468 e. The lowest BCUT2D eigenvalue weighted by Crippen LogP contribution is -2.62. The Kier molecular flexibility index (Phi) is 17.6. The van der Waals surface area contributed by atoms with Gasteiger partial charge in [0.05, 0.1) is 12.3 Å². The number of para-hydroxylation sites is 1. The van der Waals surface area contributed by atoms with Crippen LogP contribution in [0.25, 0.3) is 10.4 Å². The Morgan fingerprint density at radius 3 is 2.07 bits per heavy atom. The zero-order valence-electron chi connectivity index (χ0n) is 25.7. The van der Waals surface area contributed by atoms with E-state index in [0.29, 0.717) is 19.6 Å². The van der Waals surface area contributed by atoms with Crippen molar-refractivity contribution in [3.63, 3.8) is 0 Å². The number of ether oxygens (including phenoxy) is 6. The summed E-state index contributed by atoms with van der Waals surface area (Å²) in [5.41, 5.74) is 8.69. The van der Waals surface area contributed by atoms with Gasteiger partial charge >= 0.3 is 6.18 Å². The van der Waals surface area contributed by atoms with Crippen molar-refractivity contribution in [2.24, 2.45) is 16.0 Å². The van der Waals surface area contributed by atoms with Gasteiger partial charge in [-0.25, -0.2) is 4.99 Å². The summed E-state index contributed by atoms with van der Waals surface area (Å²) in [6.07, 6.45) is -4.97. The molecule has 2 rings (SSSR count). The molecule has 0 aromatic heterocycles. The van der Waals surface area contributed by atoms with Crippen LogP contribution < -0.4 is 0 Å². The SMILES string of the molecule is CCCCOC1[C@@H](OCCCC)C(COCC(C)CN=[N+]=[N-])O[C@@H](O/C(=N/c2ccccc2)C(F)(F)F)[C@H]1OCCCC. The lowest BCUT2D eigenvalue weighted by atomic mass is 9.98. The van der Waals surface area contributed by atoms with E-state index in [1.807, 2.05) is 27.7 Å². The second-order valence-electron chi connectivity index (χ2n) is 10.5. The van der Waals surface area contributed by atoms with Crippen molar-refractivity contribution >= 4 is 11.6 Å². The molecule has 244 valence electrons. The molecule has 6 atom stereocenters. The number of rotatable bonds is 20. The molecule has 0 N–H and O–H groups in total. The number of hydrogen-bond donors (Lipinski definition) is 0. The molecule has 1 saturated heterocycles. The molecular weight excluding hydrogens is 569 g/mol. The number of benzene rings is 1. The van der Waals surface area contributed by atoms with Crippen LogP contribution in [0.4, 0.5) is 18.9 Å². The van der Waals surface area contributed by atoms with E-state index in [4.69, 9.17) is 34.0 Å². The molecule has 1 aliphatic heterocycles. The highest BCUT2D eigenvalue weighted by molar-refractivity contribution is 5.84. The van der Waals surface area contributed by atoms with Gasteiger partial charge < -0.3 is 28.4 Å². The molecule has 0 radical (unpaired) electrons. The van der Waals surface area contributed by atoms with Crippen molar-refractivity contribution in [1.29, 1.82) is 0 Å². The topological polar surface area (TPSA) is 117 Å². The van der Waals surface area contributed by atoms with Crippen LogP contribution in [-0.4, -0.2) is 82.4 Å². The van der Waals surface area contributed by atoms with E-state index in [0.717, 1.165) is 32.1 Å². The fourth-order valence-electron chi connectivity index (χ4n) is 4.27. The van der Waals surface area contributed by atoms with Gasteiger partial charge in [-0.05, 0) is 42.8 Å². The molecule has 0 amide bonds. The normalized spacial score (nSPS) is 23.5. The largest absolute Gasteiger partial charge is 0.468 e. The van der Waals surface area contributed by atoms with E-state index in [9.17, 15) is 13.2 Å². The summed E-state index contributed by atoms with van der Waals surface area (Å²) < 4.78 is 79.1. The van der Waals surface area contributed by atoms with E-state index in [-0.39, 0.29) is 38.0 Å². The second-order valence-corrected chi connectivity index (χ2v) is 10.5. The Morgan fingerprint density at radius 1 is 0.930 bits per heavy atom. The smallest absolute Gasteiger partial charge is 0.441 e. The Labute approximate surface area is 252 Å². The summed E-state index contributed by atoms with van der Waals surface area (Å²) >= 11 is 0. The molecule has 43 heavy (non-hydrogen) atoms. The summed E-state index contributed by atoms with van der Waals surface area (Å²) in [5, 5.41) is 3.57. The molecule has 1 heterocycles. The molecule has 0 bridgehead atoms. The van der Waals surface area contributed by atoms with Crippen LogP contribution in [-0.2, 0) is 28.4 Å². The lowest BCUT2D eigenvalue weighted by molar-refractivity contribution is -0.311. The summed E-state index contributed by atoms with van der Waals surface area (Å²) in [6, 6.07) is 7.77. The highest BCUT2D eigenvalue weighted by Gasteiger charge is 2.52. The van der Waals surface area contributed by atoms with Crippen molar-refractivity contribution in [2.45, 2.75) is 103 Å². The van der Waals surface area contributed by atoms with Crippen molar-refractivity contribution < 1.29 is 41.6 Å². The number of hydrogen-bond acceptors (Lipinski definition) is 8. The van der Waals surface area contributed by atoms with E-state index in [1.165, 1.54) is 12.1 Å². The number of nitrogens with zero attached hydrogens (tertiary/aromatic N) is 4. The number of aliphatic imine (C=N–C) groups is 1. The summed E-state index contributed by atoms with van der Waals surface area (Å²) in [4.78, 5) is 6.54. The van der Waals surface area contributed by atoms with Gasteiger partial charge in [-0.3, -0.25) is 0 Å². The van der Waals surface area contributed by atoms with Crippen LogP contribution in [0.2, 0.25) is 0 Å². The van der Waals surface area contributed by atoms with E-state index in [1.54, 1.807) is 18.2 Å². The van der Waals surface area contributed by atoms with E-state index >= 15 is 0 Å². The Hall–Kier alpha value is -2.41.